The first kappa shape index (κ1) is 15.6. The van der Waals surface area contributed by atoms with E-state index in [0.29, 0.717) is 0 Å². The molecule has 2 nitrogen and oxygen atoms in total. The first-order valence-electron chi connectivity index (χ1n) is 8.10. The molecule has 1 aromatic heterocycles. The quantitative estimate of drug-likeness (QED) is 0.531. The molecular weight excluding hydrogens is 256 g/mol. The van der Waals surface area contributed by atoms with Gasteiger partial charge < -0.3 is 5.73 Å². The van der Waals surface area contributed by atoms with E-state index in [1.807, 2.05) is 30.5 Å². The zero-order chi connectivity index (χ0) is 14.9. The van der Waals surface area contributed by atoms with Crippen LogP contribution in [0, 0.1) is 0 Å². The summed E-state index contributed by atoms with van der Waals surface area (Å²) >= 11 is 0. The van der Waals surface area contributed by atoms with Crippen molar-refractivity contribution in [2.24, 2.45) is 0 Å². The smallest absolute Gasteiger partial charge is 0.0702 e. The van der Waals surface area contributed by atoms with Gasteiger partial charge in [0.05, 0.1) is 5.69 Å². The molecule has 0 aliphatic heterocycles. The minimum absolute atomic E-state index is 0.790. The summed E-state index contributed by atoms with van der Waals surface area (Å²) in [4.78, 5) is 4.57. The van der Waals surface area contributed by atoms with Crippen LogP contribution < -0.4 is 5.73 Å². The van der Waals surface area contributed by atoms with E-state index in [4.69, 9.17) is 5.73 Å². The molecule has 1 aromatic carbocycles. The summed E-state index contributed by atoms with van der Waals surface area (Å²) in [6.45, 7) is 2.26. The van der Waals surface area contributed by atoms with Crippen LogP contribution in [0.1, 0.15) is 51.0 Å². The third-order valence-corrected chi connectivity index (χ3v) is 3.85. The molecule has 0 fully saturated rings. The minimum atomic E-state index is 0.790. The lowest BCUT2D eigenvalue weighted by atomic mass is 10.0. The lowest BCUT2D eigenvalue weighted by Gasteiger charge is -2.04. The van der Waals surface area contributed by atoms with E-state index in [0.717, 1.165) is 23.4 Å². The second-order valence-electron chi connectivity index (χ2n) is 5.69. The van der Waals surface area contributed by atoms with Crippen molar-refractivity contribution in [2.45, 2.75) is 51.9 Å². The Labute approximate surface area is 128 Å². The number of rotatable bonds is 8. The normalized spacial score (nSPS) is 10.7. The van der Waals surface area contributed by atoms with Crippen molar-refractivity contribution in [1.82, 2.24) is 4.98 Å². The van der Waals surface area contributed by atoms with E-state index < -0.39 is 0 Å². The number of nitrogens with two attached hydrogens (primary N) is 1. The van der Waals surface area contributed by atoms with E-state index in [1.54, 1.807) is 0 Å². The maximum absolute atomic E-state index is 5.71. The fraction of sp³-hybridized carbons (Fsp3) is 0.421. The summed E-state index contributed by atoms with van der Waals surface area (Å²) in [6.07, 6.45) is 11.2. The highest BCUT2D eigenvalue weighted by Crippen LogP contribution is 2.19. The van der Waals surface area contributed by atoms with E-state index in [2.05, 4.69) is 24.0 Å². The molecular formula is C19H26N2. The molecule has 0 spiro atoms. The molecule has 0 amide bonds. The molecule has 1 heterocycles. The van der Waals surface area contributed by atoms with Gasteiger partial charge in [0, 0.05) is 17.4 Å². The number of anilines is 1. The van der Waals surface area contributed by atoms with Crippen LogP contribution in [-0.2, 0) is 6.42 Å². The van der Waals surface area contributed by atoms with Gasteiger partial charge in [0.25, 0.3) is 0 Å². The highest BCUT2D eigenvalue weighted by molar-refractivity contribution is 5.61. The van der Waals surface area contributed by atoms with Gasteiger partial charge in [-0.3, -0.25) is 4.98 Å². The number of benzene rings is 1. The number of nitrogen functional groups attached to an aromatic ring is 1. The molecule has 0 atom stereocenters. The van der Waals surface area contributed by atoms with Crippen LogP contribution in [0.5, 0.6) is 0 Å². The number of aromatic nitrogens is 1. The standard InChI is InChI=1S/C19H26N2/c1-2-3-4-5-6-7-8-16-9-14-19(21-15-16)17-10-12-18(20)13-11-17/h9-15H,2-8,20H2,1H3. The summed E-state index contributed by atoms with van der Waals surface area (Å²) in [7, 11) is 0. The zero-order valence-electron chi connectivity index (χ0n) is 13.0. The maximum Gasteiger partial charge on any atom is 0.0702 e. The second-order valence-corrected chi connectivity index (χ2v) is 5.69. The minimum Gasteiger partial charge on any atom is -0.399 e. The summed E-state index contributed by atoms with van der Waals surface area (Å²) in [6, 6.07) is 12.2. The van der Waals surface area contributed by atoms with E-state index in [9.17, 15) is 0 Å². The van der Waals surface area contributed by atoms with Crippen molar-refractivity contribution in [2.75, 3.05) is 5.73 Å². The van der Waals surface area contributed by atoms with Crippen LogP contribution >= 0.6 is 0 Å². The van der Waals surface area contributed by atoms with E-state index in [1.165, 1.54) is 44.1 Å². The fourth-order valence-electron chi connectivity index (χ4n) is 2.51. The Bertz CT molecular complexity index is 514. The van der Waals surface area contributed by atoms with Crippen molar-refractivity contribution in [1.29, 1.82) is 0 Å². The number of hydrogen-bond donors (Lipinski definition) is 1. The monoisotopic (exact) mass is 282 g/mol. The van der Waals surface area contributed by atoms with Gasteiger partial charge in [-0.05, 0) is 36.6 Å². The lowest BCUT2D eigenvalue weighted by molar-refractivity contribution is 0.607. The van der Waals surface area contributed by atoms with Gasteiger partial charge in [-0.15, -0.1) is 0 Å². The van der Waals surface area contributed by atoms with Gasteiger partial charge in [-0.2, -0.15) is 0 Å². The second kappa shape index (κ2) is 8.46. The molecule has 0 aliphatic carbocycles. The molecule has 0 radical (unpaired) electrons. The molecule has 0 aliphatic rings. The number of unbranched alkanes of at least 4 members (excludes halogenated alkanes) is 5. The van der Waals surface area contributed by atoms with Gasteiger partial charge in [-0.25, -0.2) is 0 Å². The molecule has 0 unspecified atom stereocenters. The summed E-state index contributed by atoms with van der Waals surface area (Å²) in [5.41, 5.74) is 9.97. The molecule has 21 heavy (non-hydrogen) atoms. The summed E-state index contributed by atoms with van der Waals surface area (Å²) < 4.78 is 0. The van der Waals surface area contributed by atoms with Gasteiger partial charge in [0.2, 0.25) is 0 Å². The van der Waals surface area contributed by atoms with Crippen LogP contribution in [0.3, 0.4) is 0 Å². The van der Waals surface area contributed by atoms with E-state index in [-0.39, 0.29) is 0 Å². The third-order valence-electron chi connectivity index (χ3n) is 3.85. The van der Waals surface area contributed by atoms with Gasteiger partial charge in [0.15, 0.2) is 0 Å². The summed E-state index contributed by atoms with van der Waals surface area (Å²) in [5, 5.41) is 0. The zero-order valence-corrected chi connectivity index (χ0v) is 13.0. The average Bonchev–Trinajstić information content (AvgIpc) is 2.52. The van der Waals surface area contributed by atoms with Gasteiger partial charge >= 0.3 is 0 Å². The molecule has 2 aromatic rings. The first-order valence-corrected chi connectivity index (χ1v) is 8.10. The highest BCUT2D eigenvalue weighted by atomic mass is 14.7. The van der Waals surface area contributed by atoms with Crippen molar-refractivity contribution in [3.63, 3.8) is 0 Å². The Morgan fingerprint density at radius 3 is 2.24 bits per heavy atom. The SMILES string of the molecule is CCCCCCCCc1ccc(-c2ccc(N)cc2)nc1. The van der Waals surface area contributed by atoms with Crippen molar-refractivity contribution in [3.8, 4) is 11.3 Å². The Morgan fingerprint density at radius 2 is 1.57 bits per heavy atom. The predicted molar refractivity (Wildman–Crippen MR) is 91.2 cm³/mol. The van der Waals surface area contributed by atoms with Crippen LogP contribution in [0.2, 0.25) is 0 Å². The number of aryl methyl sites for hydroxylation is 1. The van der Waals surface area contributed by atoms with Crippen LogP contribution in [-0.4, -0.2) is 4.98 Å². The Kier molecular flexibility index (Phi) is 6.26. The molecule has 2 rings (SSSR count). The largest absolute Gasteiger partial charge is 0.399 e. The third kappa shape index (κ3) is 5.22. The van der Waals surface area contributed by atoms with E-state index >= 15 is 0 Å². The molecule has 0 saturated carbocycles. The summed E-state index contributed by atoms with van der Waals surface area (Å²) in [5.74, 6) is 0. The predicted octanol–water partition coefficient (Wildman–Crippen LogP) is 5.23. The molecule has 0 saturated heterocycles. The number of nitrogens with zero attached hydrogens (tertiary/aromatic N) is 1. The highest BCUT2D eigenvalue weighted by Gasteiger charge is 2.00. The molecule has 0 bridgehead atoms. The lowest BCUT2D eigenvalue weighted by Crippen LogP contribution is -1.90. The topological polar surface area (TPSA) is 38.9 Å². The molecule has 2 N–H and O–H groups in total. The van der Waals surface area contributed by atoms with Gasteiger partial charge in [0.1, 0.15) is 0 Å². The fourth-order valence-corrected chi connectivity index (χ4v) is 2.51. The molecule has 2 heteroatoms. The van der Waals surface area contributed by atoms with Crippen LogP contribution in [0.4, 0.5) is 5.69 Å². The number of pyridine rings is 1. The Morgan fingerprint density at radius 1 is 0.857 bits per heavy atom. The van der Waals surface area contributed by atoms with Crippen molar-refractivity contribution < 1.29 is 0 Å². The average molecular weight is 282 g/mol. The Hall–Kier alpha value is -1.83. The number of hydrogen-bond acceptors (Lipinski definition) is 2. The Balaban J connectivity index is 1.80. The van der Waals surface area contributed by atoms with Crippen molar-refractivity contribution >= 4 is 5.69 Å². The van der Waals surface area contributed by atoms with Gasteiger partial charge in [-0.1, -0.05) is 57.2 Å². The maximum atomic E-state index is 5.71. The van der Waals surface area contributed by atoms with Crippen molar-refractivity contribution in [3.05, 3.63) is 48.2 Å². The first-order chi connectivity index (χ1) is 10.3. The van der Waals surface area contributed by atoms with Crippen LogP contribution in [0.15, 0.2) is 42.6 Å². The molecule has 112 valence electrons. The van der Waals surface area contributed by atoms with Crippen LogP contribution in [0.25, 0.3) is 11.3 Å².